The van der Waals surface area contributed by atoms with Gasteiger partial charge in [-0.2, -0.15) is 10.2 Å². The summed E-state index contributed by atoms with van der Waals surface area (Å²) >= 11 is 6.20. The highest BCUT2D eigenvalue weighted by Crippen LogP contribution is 2.20. The Morgan fingerprint density at radius 3 is 2.26 bits per heavy atom. The minimum absolute atomic E-state index is 0.243. The van der Waals surface area contributed by atoms with E-state index in [1.165, 1.54) is 12.1 Å². The number of rotatable bonds is 6. The van der Waals surface area contributed by atoms with Crippen molar-refractivity contribution in [3.63, 3.8) is 0 Å². The maximum Gasteiger partial charge on any atom is 0.256 e. The monoisotopic (exact) mass is 437 g/mol. The number of benzene rings is 2. The number of carbonyl (C=O) groups is 1. The molecule has 0 aliphatic rings. The smallest absolute Gasteiger partial charge is 0.256 e. The van der Waals surface area contributed by atoms with Crippen LogP contribution in [0.4, 0.5) is 10.2 Å². The zero-order valence-corrected chi connectivity index (χ0v) is 17.9. The molecule has 0 atom stereocenters. The topological polar surface area (TPSA) is 64.7 Å². The second kappa shape index (κ2) is 8.73. The van der Waals surface area contributed by atoms with Crippen LogP contribution in [0.15, 0.2) is 60.8 Å². The molecule has 4 rings (SSSR count). The van der Waals surface area contributed by atoms with Gasteiger partial charge in [0.25, 0.3) is 5.91 Å². The predicted molar refractivity (Wildman–Crippen MR) is 118 cm³/mol. The van der Waals surface area contributed by atoms with Crippen LogP contribution in [0.25, 0.3) is 0 Å². The van der Waals surface area contributed by atoms with Crippen LogP contribution < -0.4 is 5.32 Å². The summed E-state index contributed by atoms with van der Waals surface area (Å²) in [4.78, 5) is 12.6. The number of hydrogen-bond donors (Lipinski definition) is 1. The van der Waals surface area contributed by atoms with Gasteiger partial charge in [0.05, 0.1) is 29.5 Å². The summed E-state index contributed by atoms with van der Waals surface area (Å²) in [6.45, 7) is 4.87. The first-order chi connectivity index (χ1) is 14.9. The summed E-state index contributed by atoms with van der Waals surface area (Å²) in [5, 5.41) is 12.3. The average molecular weight is 438 g/mol. The quantitative estimate of drug-likeness (QED) is 0.469. The van der Waals surface area contributed by atoms with Gasteiger partial charge in [0, 0.05) is 17.8 Å². The van der Waals surface area contributed by atoms with Gasteiger partial charge in [0.1, 0.15) is 5.82 Å². The first kappa shape index (κ1) is 20.8. The van der Waals surface area contributed by atoms with E-state index >= 15 is 0 Å². The summed E-state index contributed by atoms with van der Waals surface area (Å²) in [6.07, 6.45) is 1.77. The molecule has 0 aliphatic carbocycles. The van der Waals surface area contributed by atoms with Crippen LogP contribution in [0.1, 0.15) is 32.9 Å². The molecule has 2 heterocycles. The Balaban J connectivity index is 1.38. The number of anilines is 1. The Hall–Kier alpha value is -3.45. The van der Waals surface area contributed by atoms with Crippen LogP contribution in [-0.2, 0) is 13.1 Å². The van der Waals surface area contributed by atoms with Gasteiger partial charge in [-0.1, -0.05) is 35.9 Å². The van der Waals surface area contributed by atoms with Gasteiger partial charge >= 0.3 is 0 Å². The van der Waals surface area contributed by atoms with Crippen LogP contribution >= 0.6 is 11.6 Å². The van der Waals surface area contributed by atoms with E-state index in [1.807, 2.05) is 30.7 Å². The second-order valence-electron chi connectivity index (χ2n) is 7.32. The van der Waals surface area contributed by atoms with E-state index in [0.717, 1.165) is 22.5 Å². The van der Waals surface area contributed by atoms with Crippen molar-refractivity contribution in [1.29, 1.82) is 0 Å². The Labute approximate surface area is 184 Å². The third kappa shape index (κ3) is 4.83. The number of hydrogen-bond acceptors (Lipinski definition) is 3. The van der Waals surface area contributed by atoms with Crippen molar-refractivity contribution in [2.75, 3.05) is 5.32 Å². The molecule has 0 saturated heterocycles. The summed E-state index contributed by atoms with van der Waals surface area (Å²) in [7, 11) is 0. The van der Waals surface area contributed by atoms with Crippen molar-refractivity contribution in [2.45, 2.75) is 26.9 Å². The molecule has 8 heteroatoms. The highest BCUT2D eigenvalue weighted by Gasteiger charge is 2.11. The molecule has 0 bridgehead atoms. The molecule has 1 amide bonds. The lowest BCUT2D eigenvalue weighted by Gasteiger charge is -2.07. The number of nitrogens with zero attached hydrogens (tertiary/aromatic N) is 4. The summed E-state index contributed by atoms with van der Waals surface area (Å²) in [5.41, 5.74) is 4.18. The Kier molecular flexibility index (Phi) is 5.86. The summed E-state index contributed by atoms with van der Waals surface area (Å²) in [6, 6.07) is 15.3. The number of aryl methyl sites for hydroxylation is 1. The molecule has 2 aromatic carbocycles. The molecule has 0 fully saturated rings. The van der Waals surface area contributed by atoms with Gasteiger partial charge in [0.2, 0.25) is 0 Å². The fourth-order valence-electron chi connectivity index (χ4n) is 3.25. The van der Waals surface area contributed by atoms with Crippen LogP contribution in [0.3, 0.4) is 0 Å². The zero-order valence-electron chi connectivity index (χ0n) is 17.1. The molecule has 0 spiro atoms. The van der Waals surface area contributed by atoms with E-state index in [2.05, 4.69) is 15.5 Å². The molecular weight excluding hydrogens is 417 g/mol. The lowest BCUT2D eigenvalue weighted by atomic mass is 10.1. The van der Waals surface area contributed by atoms with Gasteiger partial charge in [0.15, 0.2) is 5.82 Å². The van der Waals surface area contributed by atoms with E-state index in [4.69, 9.17) is 11.6 Å². The van der Waals surface area contributed by atoms with Gasteiger partial charge < -0.3 is 5.32 Å². The molecule has 0 saturated carbocycles. The minimum atomic E-state index is -0.276. The third-order valence-corrected chi connectivity index (χ3v) is 5.53. The molecule has 0 unspecified atom stereocenters. The van der Waals surface area contributed by atoms with Crippen molar-refractivity contribution in [3.05, 3.63) is 99.7 Å². The van der Waals surface area contributed by atoms with Crippen LogP contribution in [-0.4, -0.2) is 25.5 Å². The number of halogens is 2. The van der Waals surface area contributed by atoms with Crippen LogP contribution in [0.2, 0.25) is 5.02 Å². The van der Waals surface area contributed by atoms with Crippen molar-refractivity contribution in [1.82, 2.24) is 19.6 Å². The molecular formula is C23H21ClFN5O. The van der Waals surface area contributed by atoms with Gasteiger partial charge in [-0.05, 0) is 49.2 Å². The van der Waals surface area contributed by atoms with Crippen LogP contribution in [0.5, 0.6) is 0 Å². The highest BCUT2D eigenvalue weighted by molar-refractivity contribution is 6.31. The molecule has 0 radical (unpaired) electrons. The van der Waals surface area contributed by atoms with Gasteiger partial charge in [-0.25, -0.2) is 4.39 Å². The second-order valence-corrected chi connectivity index (χ2v) is 7.70. The average Bonchev–Trinajstić information content (AvgIpc) is 3.29. The van der Waals surface area contributed by atoms with Crippen molar-refractivity contribution in [3.8, 4) is 0 Å². The zero-order chi connectivity index (χ0) is 22.0. The SMILES string of the molecule is Cc1nn(Cc2ccc(C(=O)Nc3ccn(Cc4ccc(F)cc4)n3)cc2)c(C)c1Cl. The Morgan fingerprint density at radius 1 is 0.968 bits per heavy atom. The summed E-state index contributed by atoms with van der Waals surface area (Å²) in [5.74, 6) is -0.0666. The Morgan fingerprint density at radius 2 is 1.61 bits per heavy atom. The van der Waals surface area contributed by atoms with E-state index in [0.29, 0.717) is 29.5 Å². The van der Waals surface area contributed by atoms with E-state index in [1.54, 1.807) is 41.2 Å². The van der Waals surface area contributed by atoms with Gasteiger partial charge in [-0.3, -0.25) is 14.2 Å². The van der Waals surface area contributed by atoms with Gasteiger partial charge in [-0.15, -0.1) is 0 Å². The van der Waals surface area contributed by atoms with E-state index in [-0.39, 0.29) is 11.7 Å². The largest absolute Gasteiger partial charge is 0.305 e. The number of amides is 1. The molecule has 158 valence electrons. The highest BCUT2D eigenvalue weighted by atomic mass is 35.5. The first-order valence-corrected chi connectivity index (χ1v) is 10.1. The van der Waals surface area contributed by atoms with E-state index in [9.17, 15) is 9.18 Å². The number of nitrogens with one attached hydrogen (secondary N) is 1. The molecule has 2 aromatic heterocycles. The van der Waals surface area contributed by atoms with E-state index < -0.39 is 0 Å². The first-order valence-electron chi connectivity index (χ1n) is 9.77. The summed E-state index contributed by atoms with van der Waals surface area (Å²) < 4.78 is 16.6. The van der Waals surface area contributed by atoms with Crippen molar-refractivity contribution < 1.29 is 9.18 Å². The molecule has 0 aliphatic heterocycles. The normalized spacial score (nSPS) is 11.0. The fraction of sp³-hybridized carbons (Fsp3) is 0.174. The van der Waals surface area contributed by atoms with Crippen molar-refractivity contribution >= 4 is 23.3 Å². The maximum absolute atomic E-state index is 13.0. The third-order valence-electron chi connectivity index (χ3n) is 4.98. The standard InChI is InChI=1S/C23H21ClFN5O/c1-15-22(24)16(2)30(27-15)14-18-3-7-19(8-4-18)23(31)26-21-11-12-29(28-21)13-17-5-9-20(25)10-6-17/h3-12H,13-14H2,1-2H3,(H,26,28,31). The van der Waals surface area contributed by atoms with Crippen LogP contribution in [0, 0.1) is 19.7 Å². The Bertz CT molecular complexity index is 1210. The minimum Gasteiger partial charge on any atom is -0.305 e. The number of carbonyl (C=O) groups excluding carboxylic acids is 1. The molecule has 6 nitrogen and oxygen atoms in total. The maximum atomic E-state index is 13.0. The molecule has 4 aromatic rings. The fourth-order valence-corrected chi connectivity index (χ4v) is 3.38. The predicted octanol–water partition coefficient (Wildman–Crippen LogP) is 4.84. The molecule has 1 N–H and O–H groups in total. The molecule has 31 heavy (non-hydrogen) atoms. The number of aromatic nitrogens is 4. The lowest BCUT2D eigenvalue weighted by Crippen LogP contribution is -2.13. The lowest BCUT2D eigenvalue weighted by molar-refractivity contribution is 0.102. The van der Waals surface area contributed by atoms with Crippen molar-refractivity contribution in [2.24, 2.45) is 0 Å².